The molecule has 1 heterocycles. The molecule has 4 heteroatoms. The second-order valence-electron chi connectivity index (χ2n) is 3.48. The topological polar surface area (TPSA) is 61.8 Å². The summed E-state index contributed by atoms with van der Waals surface area (Å²) in [5, 5.41) is 11.2. The van der Waals surface area contributed by atoms with Crippen molar-refractivity contribution in [3.63, 3.8) is 0 Å². The third kappa shape index (κ3) is 1.15. The maximum absolute atomic E-state index is 8.26. The highest BCUT2D eigenvalue weighted by Gasteiger charge is 2.35. The molecule has 1 fully saturated rings. The molecule has 0 amide bonds. The van der Waals surface area contributed by atoms with Gasteiger partial charge in [-0.1, -0.05) is 19.0 Å². The number of hydrogen-bond donors (Lipinski definition) is 2. The number of oxime groups is 1. The van der Waals surface area contributed by atoms with Crippen LogP contribution in [0.5, 0.6) is 0 Å². The number of rotatable bonds is 0. The van der Waals surface area contributed by atoms with Crippen molar-refractivity contribution in [1.82, 2.24) is 4.90 Å². The zero-order chi connectivity index (χ0) is 7.78. The third-order valence-corrected chi connectivity index (χ3v) is 1.66. The van der Waals surface area contributed by atoms with Crippen molar-refractivity contribution >= 4 is 5.96 Å². The van der Waals surface area contributed by atoms with Gasteiger partial charge in [0.1, 0.15) is 0 Å². The van der Waals surface area contributed by atoms with Crippen LogP contribution in [0, 0.1) is 5.41 Å². The minimum absolute atomic E-state index is 0.222. The van der Waals surface area contributed by atoms with E-state index in [9.17, 15) is 0 Å². The lowest BCUT2D eigenvalue weighted by Crippen LogP contribution is -2.57. The number of likely N-dealkylation sites (tertiary alicyclic amines) is 1. The van der Waals surface area contributed by atoms with Gasteiger partial charge in [0.15, 0.2) is 0 Å². The molecule has 10 heavy (non-hydrogen) atoms. The molecule has 1 saturated heterocycles. The van der Waals surface area contributed by atoms with Gasteiger partial charge in [-0.15, -0.1) is 0 Å². The molecule has 0 aromatic rings. The van der Waals surface area contributed by atoms with Crippen LogP contribution < -0.4 is 5.73 Å². The van der Waals surface area contributed by atoms with Gasteiger partial charge in [-0.3, -0.25) is 0 Å². The lowest BCUT2D eigenvalue weighted by atomic mass is 9.85. The minimum Gasteiger partial charge on any atom is -0.408 e. The van der Waals surface area contributed by atoms with Crippen molar-refractivity contribution < 1.29 is 5.21 Å². The SMILES string of the molecule is CC1(C)CN(/C(N)=N/O)C1. The Morgan fingerprint density at radius 2 is 2.10 bits per heavy atom. The van der Waals surface area contributed by atoms with Crippen molar-refractivity contribution in [3.05, 3.63) is 0 Å². The molecule has 1 aliphatic rings. The standard InChI is InChI=1S/C6H13N3O/c1-6(2)3-9(4-6)5(7)8-10/h10H,3-4H2,1-2H3,(H2,7,8). The van der Waals surface area contributed by atoms with E-state index in [0.717, 1.165) is 13.1 Å². The maximum atomic E-state index is 8.26. The average molecular weight is 143 g/mol. The summed E-state index contributed by atoms with van der Waals surface area (Å²) in [6.45, 7) is 6.05. The van der Waals surface area contributed by atoms with Crippen LogP contribution >= 0.6 is 0 Å². The quantitative estimate of drug-likeness (QED) is 0.218. The lowest BCUT2D eigenvalue weighted by Gasteiger charge is -2.45. The molecular weight excluding hydrogens is 130 g/mol. The first kappa shape index (κ1) is 7.18. The predicted octanol–water partition coefficient (Wildman–Crippen LogP) is 0.0321. The van der Waals surface area contributed by atoms with Gasteiger partial charge in [0, 0.05) is 13.1 Å². The van der Waals surface area contributed by atoms with E-state index in [-0.39, 0.29) is 5.96 Å². The molecule has 58 valence electrons. The summed E-state index contributed by atoms with van der Waals surface area (Å²) in [6, 6.07) is 0. The Morgan fingerprint density at radius 1 is 1.60 bits per heavy atom. The molecule has 0 unspecified atom stereocenters. The van der Waals surface area contributed by atoms with Gasteiger partial charge < -0.3 is 15.8 Å². The highest BCUT2D eigenvalue weighted by Crippen LogP contribution is 2.27. The fourth-order valence-electron chi connectivity index (χ4n) is 1.21. The monoisotopic (exact) mass is 143 g/mol. The molecule has 1 rings (SSSR count). The van der Waals surface area contributed by atoms with Gasteiger partial charge in [0.05, 0.1) is 0 Å². The van der Waals surface area contributed by atoms with E-state index in [4.69, 9.17) is 10.9 Å². The van der Waals surface area contributed by atoms with E-state index in [2.05, 4.69) is 19.0 Å². The molecule has 0 saturated carbocycles. The molecule has 0 radical (unpaired) electrons. The van der Waals surface area contributed by atoms with E-state index >= 15 is 0 Å². The first-order valence-electron chi connectivity index (χ1n) is 3.28. The largest absolute Gasteiger partial charge is 0.408 e. The van der Waals surface area contributed by atoms with Crippen LogP contribution in [0.2, 0.25) is 0 Å². The molecule has 0 aromatic carbocycles. The van der Waals surface area contributed by atoms with Crippen molar-refractivity contribution in [2.24, 2.45) is 16.3 Å². The maximum Gasteiger partial charge on any atom is 0.233 e. The molecule has 0 atom stereocenters. The van der Waals surface area contributed by atoms with Crippen LogP contribution in [0.4, 0.5) is 0 Å². The number of nitrogens with zero attached hydrogens (tertiary/aromatic N) is 2. The molecule has 1 aliphatic heterocycles. The zero-order valence-electron chi connectivity index (χ0n) is 6.33. The first-order valence-corrected chi connectivity index (χ1v) is 3.28. The van der Waals surface area contributed by atoms with Crippen LogP contribution in [0.3, 0.4) is 0 Å². The molecule has 0 aromatic heterocycles. The van der Waals surface area contributed by atoms with E-state index in [1.807, 2.05) is 4.90 Å². The zero-order valence-corrected chi connectivity index (χ0v) is 6.33. The Kier molecular flexibility index (Phi) is 1.46. The minimum atomic E-state index is 0.222. The second kappa shape index (κ2) is 2.04. The number of nitrogens with two attached hydrogens (primary N) is 1. The van der Waals surface area contributed by atoms with Crippen LogP contribution in [-0.4, -0.2) is 29.2 Å². The van der Waals surface area contributed by atoms with Gasteiger partial charge in [0.2, 0.25) is 5.96 Å². The summed E-state index contributed by atoms with van der Waals surface area (Å²) in [4.78, 5) is 1.83. The van der Waals surface area contributed by atoms with Gasteiger partial charge in [-0.2, -0.15) is 0 Å². The van der Waals surface area contributed by atoms with Crippen LogP contribution in [0.1, 0.15) is 13.8 Å². The van der Waals surface area contributed by atoms with Crippen molar-refractivity contribution in [2.75, 3.05) is 13.1 Å². The van der Waals surface area contributed by atoms with E-state index < -0.39 is 0 Å². The predicted molar refractivity (Wildman–Crippen MR) is 38.8 cm³/mol. The van der Waals surface area contributed by atoms with Gasteiger partial charge in [-0.05, 0) is 5.41 Å². The smallest absolute Gasteiger partial charge is 0.233 e. The fraction of sp³-hybridized carbons (Fsp3) is 0.833. The molecule has 0 spiro atoms. The summed E-state index contributed by atoms with van der Waals surface area (Å²) >= 11 is 0. The Hall–Kier alpha value is -0.930. The van der Waals surface area contributed by atoms with Crippen LogP contribution in [-0.2, 0) is 0 Å². The second-order valence-corrected chi connectivity index (χ2v) is 3.48. The number of hydrogen-bond acceptors (Lipinski definition) is 2. The van der Waals surface area contributed by atoms with E-state index in [1.54, 1.807) is 0 Å². The number of guanidine groups is 1. The Balaban J connectivity index is 2.40. The summed E-state index contributed by atoms with van der Waals surface area (Å²) in [7, 11) is 0. The summed E-state index contributed by atoms with van der Waals surface area (Å²) in [6.07, 6.45) is 0. The summed E-state index contributed by atoms with van der Waals surface area (Å²) in [5.41, 5.74) is 5.65. The van der Waals surface area contributed by atoms with Crippen LogP contribution in [0.15, 0.2) is 5.16 Å². The molecule has 0 bridgehead atoms. The summed E-state index contributed by atoms with van der Waals surface area (Å²) < 4.78 is 0. The van der Waals surface area contributed by atoms with Crippen LogP contribution in [0.25, 0.3) is 0 Å². The van der Waals surface area contributed by atoms with Gasteiger partial charge in [0.25, 0.3) is 0 Å². The highest BCUT2D eigenvalue weighted by atomic mass is 16.4. The van der Waals surface area contributed by atoms with Crippen molar-refractivity contribution in [2.45, 2.75) is 13.8 Å². The first-order chi connectivity index (χ1) is 4.55. The Labute approximate surface area is 60.3 Å². The van der Waals surface area contributed by atoms with Crippen molar-refractivity contribution in [1.29, 1.82) is 0 Å². The van der Waals surface area contributed by atoms with Gasteiger partial charge in [-0.25, -0.2) is 0 Å². The Morgan fingerprint density at radius 3 is 2.40 bits per heavy atom. The molecule has 4 nitrogen and oxygen atoms in total. The molecule has 0 aliphatic carbocycles. The lowest BCUT2D eigenvalue weighted by molar-refractivity contribution is 0.0929. The average Bonchev–Trinajstić information content (AvgIpc) is 1.81. The highest BCUT2D eigenvalue weighted by molar-refractivity contribution is 5.78. The normalized spacial score (nSPS) is 24.2. The van der Waals surface area contributed by atoms with E-state index in [0.29, 0.717) is 5.41 Å². The molecular formula is C6H13N3O. The van der Waals surface area contributed by atoms with E-state index in [1.165, 1.54) is 0 Å². The third-order valence-electron chi connectivity index (χ3n) is 1.66. The van der Waals surface area contributed by atoms with Crippen molar-refractivity contribution in [3.8, 4) is 0 Å². The Bertz CT molecular complexity index is 156. The summed E-state index contributed by atoms with van der Waals surface area (Å²) in [5.74, 6) is 0.222. The fourth-order valence-corrected chi connectivity index (χ4v) is 1.21. The van der Waals surface area contributed by atoms with Gasteiger partial charge >= 0.3 is 0 Å². The molecule has 3 N–H and O–H groups in total.